The zero-order valence-electron chi connectivity index (χ0n) is 10.7. The molecule has 1 fully saturated rings. The number of hydrogen-bond donors (Lipinski definition) is 2. The minimum atomic E-state index is -3.48. The van der Waals surface area contributed by atoms with E-state index in [-0.39, 0.29) is 4.90 Å². The predicted molar refractivity (Wildman–Crippen MR) is 70.5 cm³/mol. The normalized spacial score (nSPS) is 17.1. The number of carboxylic acids is 1. The molecule has 0 heterocycles. The summed E-state index contributed by atoms with van der Waals surface area (Å²) < 4.78 is 26.2. The number of carboxylic acid groups (broad SMARTS) is 1. The van der Waals surface area contributed by atoms with Crippen LogP contribution < -0.4 is 4.72 Å². The summed E-state index contributed by atoms with van der Waals surface area (Å²) >= 11 is 0. The Morgan fingerprint density at radius 2 is 1.89 bits per heavy atom. The van der Waals surface area contributed by atoms with Crippen LogP contribution in [0.2, 0.25) is 0 Å². The number of aliphatic carboxylic acids is 1. The van der Waals surface area contributed by atoms with Gasteiger partial charge in [-0.3, -0.25) is 4.79 Å². The lowest BCUT2D eigenvalue weighted by atomic mass is 9.96. The third-order valence-corrected chi connectivity index (χ3v) is 4.90. The monoisotopic (exact) mass is 283 g/mol. The van der Waals surface area contributed by atoms with Gasteiger partial charge in [0.05, 0.1) is 10.3 Å². The lowest BCUT2D eigenvalue weighted by Gasteiger charge is -2.11. The van der Waals surface area contributed by atoms with Crippen molar-refractivity contribution >= 4 is 16.0 Å². The number of nitrogens with one attached hydrogen (secondary N) is 1. The summed E-state index contributed by atoms with van der Waals surface area (Å²) in [6, 6.07) is 6.13. The lowest BCUT2D eigenvalue weighted by molar-refractivity contribution is -0.140. The van der Waals surface area contributed by atoms with Crippen molar-refractivity contribution in [1.82, 2.24) is 4.72 Å². The molecule has 1 aromatic carbocycles. The molecule has 0 unspecified atom stereocenters. The van der Waals surface area contributed by atoms with Gasteiger partial charge in [0.1, 0.15) is 0 Å². The van der Waals surface area contributed by atoms with Crippen LogP contribution in [0.1, 0.15) is 31.7 Å². The predicted octanol–water partition coefficient (Wildman–Crippen LogP) is 1.49. The van der Waals surface area contributed by atoms with Crippen molar-refractivity contribution in [2.45, 2.75) is 36.5 Å². The van der Waals surface area contributed by atoms with Crippen LogP contribution in [0, 0.1) is 0 Å². The van der Waals surface area contributed by atoms with E-state index in [0.717, 1.165) is 6.42 Å². The highest BCUT2D eigenvalue weighted by atomic mass is 32.2. The first-order valence-electron chi connectivity index (χ1n) is 6.26. The summed E-state index contributed by atoms with van der Waals surface area (Å²) in [4.78, 5) is 11.3. The first-order valence-corrected chi connectivity index (χ1v) is 7.74. The molecule has 104 valence electrons. The van der Waals surface area contributed by atoms with Gasteiger partial charge < -0.3 is 5.11 Å². The zero-order chi connectivity index (χ0) is 14.1. The van der Waals surface area contributed by atoms with Crippen LogP contribution >= 0.6 is 0 Å². The van der Waals surface area contributed by atoms with Gasteiger partial charge in [-0.25, -0.2) is 13.1 Å². The van der Waals surface area contributed by atoms with Gasteiger partial charge in [0.15, 0.2) is 0 Å². The fourth-order valence-corrected chi connectivity index (χ4v) is 3.16. The van der Waals surface area contributed by atoms with Gasteiger partial charge in [0.25, 0.3) is 0 Å². The van der Waals surface area contributed by atoms with Crippen LogP contribution in [0.3, 0.4) is 0 Å². The van der Waals surface area contributed by atoms with Gasteiger partial charge in [0.2, 0.25) is 10.0 Å². The minimum Gasteiger partial charge on any atom is -0.481 e. The maximum atomic E-state index is 11.9. The van der Waals surface area contributed by atoms with Crippen molar-refractivity contribution in [1.29, 1.82) is 0 Å². The number of rotatable bonds is 6. The highest BCUT2D eigenvalue weighted by Crippen LogP contribution is 2.48. The van der Waals surface area contributed by atoms with E-state index in [4.69, 9.17) is 0 Å². The van der Waals surface area contributed by atoms with Gasteiger partial charge >= 0.3 is 5.97 Å². The Balaban J connectivity index is 2.22. The molecule has 0 bridgehead atoms. The van der Waals surface area contributed by atoms with Gasteiger partial charge in [-0.1, -0.05) is 19.1 Å². The SMILES string of the molecule is CCCNS(=O)(=O)c1ccc(C2(C(=O)O)CC2)cc1. The smallest absolute Gasteiger partial charge is 0.314 e. The van der Waals surface area contributed by atoms with E-state index in [1.807, 2.05) is 6.92 Å². The molecule has 1 aliphatic carbocycles. The van der Waals surface area contributed by atoms with E-state index in [9.17, 15) is 18.3 Å². The van der Waals surface area contributed by atoms with E-state index in [2.05, 4.69) is 4.72 Å². The Kier molecular flexibility index (Phi) is 3.64. The summed E-state index contributed by atoms with van der Waals surface area (Å²) in [6.07, 6.45) is 1.95. The van der Waals surface area contributed by atoms with Crippen molar-refractivity contribution in [3.63, 3.8) is 0 Å². The quantitative estimate of drug-likeness (QED) is 0.828. The van der Waals surface area contributed by atoms with Crippen molar-refractivity contribution in [3.8, 4) is 0 Å². The van der Waals surface area contributed by atoms with Crippen molar-refractivity contribution < 1.29 is 18.3 Å². The minimum absolute atomic E-state index is 0.172. The molecule has 0 saturated heterocycles. The summed E-state index contributed by atoms with van der Waals surface area (Å²) in [5.74, 6) is -0.841. The second-order valence-electron chi connectivity index (χ2n) is 4.81. The molecule has 5 nitrogen and oxygen atoms in total. The van der Waals surface area contributed by atoms with Gasteiger partial charge in [-0.2, -0.15) is 0 Å². The molecule has 1 aromatic rings. The van der Waals surface area contributed by atoms with Crippen molar-refractivity contribution in [2.24, 2.45) is 0 Å². The molecule has 0 spiro atoms. The number of hydrogen-bond acceptors (Lipinski definition) is 3. The molecule has 2 N–H and O–H groups in total. The van der Waals surface area contributed by atoms with Crippen molar-refractivity contribution in [2.75, 3.05) is 6.54 Å². The fraction of sp³-hybridized carbons (Fsp3) is 0.462. The average Bonchev–Trinajstić information content (AvgIpc) is 3.18. The van der Waals surface area contributed by atoms with E-state index >= 15 is 0 Å². The molecule has 19 heavy (non-hydrogen) atoms. The highest BCUT2D eigenvalue weighted by molar-refractivity contribution is 7.89. The summed E-state index contributed by atoms with van der Waals surface area (Å²) in [6.45, 7) is 2.28. The van der Waals surface area contributed by atoms with Crippen molar-refractivity contribution in [3.05, 3.63) is 29.8 Å². The number of sulfonamides is 1. The number of benzene rings is 1. The van der Waals surface area contributed by atoms with Crippen LogP contribution in [-0.2, 0) is 20.2 Å². The van der Waals surface area contributed by atoms with Crippen LogP contribution in [-0.4, -0.2) is 26.0 Å². The van der Waals surface area contributed by atoms with Crippen LogP contribution in [0.5, 0.6) is 0 Å². The molecular weight excluding hydrogens is 266 g/mol. The second-order valence-corrected chi connectivity index (χ2v) is 6.58. The third kappa shape index (κ3) is 2.64. The second kappa shape index (κ2) is 4.94. The number of carbonyl (C=O) groups is 1. The molecule has 0 aliphatic heterocycles. The molecule has 0 atom stereocenters. The molecule has 0 radical (unpaired) electrons. The molecule has 1 saturated carbocycles. The summed E-state index contributed by atoms with van der Waals surface area (Å²) in [7, 11) is -3.48. The Labute approximate surface area is 112 Å². The van der Waals surface area contributed by atoms with E-state index in [1.165, 1.54) is 12.1 Å². The van der Waals surface area contributed by atoms with E-state index in [0.29, 0.717) is 24.9 Å². The maximum absolute atomic E-state index is 11.9. The first kappa shape index (κ1) is 14.0. The molecule has 0 aromatic heterocycles. The summed E-state index contributed by atoms with van der Waals surface area (Å²) in [5.41, 5.74) is -0.117. The Morgan fingerprint density at radius 1 is 1.32 bits per heavy atom. The maximum Gasteiger partial charge on any atom is 0.314 e. The largest absolute Gasteiger partial charge is 0.481 e. The molecular formula is C13H17NO4S. The van der Waals surface area contributed by atoms with Gasteiger partial charge in [-0.15, -0.1) is 0 Å². The zero-order valence-corrected chi connectivity index (χ0v) is 11.5. The third-order valence-electron chi connectivity index (χ3n) is 3.42. The highest BCUT2D eigenvalue weighted by Gasteiger charge is 2.51. The standard InChI is InChI=1S/C13H17NO4S/c1-2-9-14-19(17,18)11-5-3-10(4-6-11)13(7-8-13)12(15)16/h3-6,14H,2,7-9H2,1H3,(H,15,16). The summed E-state index contributed by atoms with van der Waals surface area (Å²) in [5, 5.41) is 9.17. The topological polar surface area (TPSA) is 83.5 Å². The van der Waals surface area contributed by atoms with Gasteiger partial charge in [-0.05, 0) is 37.0 Å². The van der Waals surface area contributed by atoms with Crippen LogP contribution in [0.4, 0.5) is 0 Å². The molecule has 1 aliphatic rings. The lowest BCUT2D eigenvalue weighted by Crippen LogP contribution is -2.24. The van der Waals surface area contributed by atoms with Gasteiger partial charge in [0, 0.05) is 6.54 Å². The Bertz CT molecular complexity index is 573. The Morgan fingerprint density at radius 3 is 2.32 bits per heavy atom. The average molecular weight is 283 g/mol. The first-order chi connectivity index (χ1) is 8.92. The molecule has 0 amide bonds. The molecule has 6 heteroatoms. The fourth-order valence-electron chi connectivity index (χ4n) is 2.02. The van der Waals surface area contributed by atoms with E-state index < -0.39 is 21.4 Å². The Hall–Kier alpha value is -1.40. The molecule has 2 rings (SSSR count). The van der Waals surface area contributed by atoms with E-state index in [1.54, 1.807) is 12.1 Å². The van der Waals surface area contributed by atoms with Crippen LogP contribution in [0.25, 0.3) is 0 Å². The van der Waals surface area contributed by atoms with Crippen LogP contribution in [0.15, 0.2) is 29.2 Å².